The monoisotopic (exact) mass is 416 g/mol. The van der Waals surface area contributed by atoms with E-state index in [-0.39, 0.29) is 11.9 Å². The highest BCUT2D eigenvalue weighted by Gasteiger charge is 2.22. The summed E-state index contributed by atoms with van der Waals surface area (Å²) in [6.07, 6.45) is 0.894. The largest absolute Gasteiger partial charge is 0.493 e. The average molecular weight is 417 g/mol. The number of benzene rings is 1. The zero-order valence-electron chi connectivity index (χ0n) is 16.3. The van der Waals surface area contributed by atoms with Crippen LogP contribution in [-0.4, -0.2) is 28.9 Å². The molecule has 0 bridgehead atoms. The molecule has 148 valence electrons. The second kappa shape index (κ2) is 9.71. The van der Waals surface area contributed by atoms with Crippen molar-refractivity contribution in [3.05, 3.63) is 62.7 Å². The van der Waals surface area contributed by atoms with Gasteiger partial charge in [-0.2, -0.15) is 0 Å². The summed E-state index contributed by atoms with van der Waals surface area (Å²) in [6.45, 7) is 5.03. The van der Waals surface area contributed by atoms with Gasteiger partial charge < -0.3 is 14.4 Å². The van der Waals surface area contributed by atoms with Gasteiger partial charge in [-0.1, -0.05) is 25.1 Å². The van der Waals surface area contributed by atoms with Crippen LogP contribution < -0.4 is 9.47 Å². The van der Waals surface area contributed by atoms with Gasteiger partial charge in [-0.05, 0) is 36.9 Å². The standard InChI is InChI=1S/C21H24N2O3S2/c1-4-15(2)23(21(24)19-10-7-11-27-19)12-16-14-28-20(22-16)13-26-18-9-6-5-8-17(18)25-3/h5-11,14-15H,4,12-13H2,1-3H3/t15-/m1/s1. The number of hydrogen-bond acceptors (Lipinski definition) is 6. The Balaban J connectivity index is 1.67. The van der Waals surface area contributed by atoms with Crippen LogP contribution in [0.3, 0.4) is 0 Å². The van der Waals surface area contributed by atoms with Crippen molar-refractivity contribution in [3.8, 4) is 11.5 Å². The molecule has 2 heterocycles. The molecule has 0 spiro atoms. The summed E-state index contributed by atoms with van der Waals surface area (Å²) in [5.41, 5.74) is 0.883. The van der Waals surface area contributed by atoms with Crippen LogP contribution in [0.2, 0.25) is 0 Å². The van der Waals surface area contributed by atoms with E-state index in [9.17, 15) is 4.79 Å². The maximum absolute atomic E-state index is 12.9. The fourth-order valence-corrected chi connectivity index (χ4v) is 4.11. The topological polar surface area (TPSA) is 51.7 Å². The maximum atomic E-state index is 12.9. The average Bonchev–Trinajstić information content (AvgIpc) is 3.41. The van der Waals surface area contributed by atoms with Crippen molar-refractivity contribution in [2.45, 2.75) is 39.5 Å². The first-order valence-corrected chi connectivity index (χ1v) is 10.9. The zero-order chi connectivity index (χ0) is 19.9. The number of rotatable bonds is 9. The first-order valence-electron chi connectivity index (χ1n) is 9.16. The van der Waals surface area contributed by atoms with Gasteiger partial charge in [0.25, 0.3) is 5.91 Å². The molecule has 0 aliphatic heterocycles. The molecular weight excluding hydrogens is 392 g/mol. The van der Waals surface area contributed by atoms with E-state index in [1.54, 1.807) is 18.4 Å². The Morgan fingerprint density at radius 2 is 1.96 bits per heavy atom. The lowest BCUT2D eigenvalue weighted by Crippen LogP contribution is -2.37. The second-order valence-electron chi connectivity index (χ2n) is 6.34. The molecule has 0 saturated carbocycles. The number of para-hydroxylation sites is 2. The van der Waals surface area contributed by atoms with Gasteiger partial charge in [-0.25, -0.2) is 4.98 Å². The van der Waals surface area contributed by atoms with E-state index in [0.29, 0.717) is 24.7 Å². The van der Waals surface area contributed by atoms with Crippen LogP contribution >= 0.6 is 22.7 Å². The van der Waals surface area contributed by atoms with Gasteiger partial charge in [-0.3, -0.25) is 4.79 Å². The molecule has 0 aliphatic rings. The Morgan fingerprint density at radius 1 is 1.18 bits per heavy atom. The van der Waals surface area contributed by atoms with Gasteiger partial charge in [0, 0.05) is 11.4 Å². The zero-order valence-corrected chi connectivity index (χ0v) is 17.9. The summed E-state index contributed by atoms with van der Waals surface area (Å²) in [5, 5.41) is 4.80. The Labute approximate surface area is 173 Å². The number of carbonyl (C=O) groups excluding carboxylic acids is 1. The normalized spacial score (nSPS) is 11.8. The van der Waals surface area contributed by atoms with E-state index in [0.717, 1.165) is 22.0 Å². The molecule has 0 aliphatic carbocycles. The molecule has 0 radical (unpaired) electrons. The molecule has 3 aromatic rings. The van der Waals surface area contributed by atoms with Gasteiger partial charge in [0.05, 0.1) is 24.2 Å². The minimum absolute atomic E-state index is 0.0594. The third-order valence-corrected chi connectivity index (χ3v) is 6.20. The number of amides is 1. The Hall–Kier alpha value is -2.38. The smallest absolute Gasteiger partial charge is 0.264 e. The van der Waals surface area contributed by atoms with E-state index in [1.807, 2.05) is 52.1 Å². The fraction of sp³-hybridized carbons (Fsp3) is 0.333. The fourth-order valence-electron chi connectivity index (χ4n) is 2.73. The van der Waals surface area contributed by atoms with Crippen LogP contribution in [0.1, 0.15) is 40.6 Å². The van der Waals surface area contributed by atoms with Crippen molar-refractivity contribution >= 4 is 28.6 Å². The van der Waals surface area contributed by atoms with Crippen LogP contribution in [0.5, 0.6) is 11.5 Å². The van der Waals surface area contributed by atoms with Crippen molar-refractivity contribution < 1.29 is 14.3 Å². The number of hydrogen-bond donors (Lipinski definition) is 0. The predicted molar refractivity (Wildman–Crippen MR) is 113 cm³/mol. The van der Waals surface area contributed by atoms with Crippen molar-refractivity contribution in [2.24, 2.45) is 0 Å². The number of carbonyl (C=O) groups is 1. The lowest BCUT2D eigenvalue weighted by Gasteiger charge is -2.27. The lowest BCUT2D eigenvalue weighted by molar-refractivity contribution is 0.0674. The summed E-state index contributed by atoms with van der Waals surface area (Å²) in [4.78, 5) is 20.2. The molecule has 5 nitrogen and oxygen atoms in total. The SMILES string of the molecule is CC[C@@H](C)N(Cc1csc(COc2ccccc2OC)n1)C(=O)c1cccs1. The summed E-state index contributed by atoms with van der Waals surface area (Å²) in [7, 11) is 1.62. The van der Waals surface area contributed by atoms with Gasteiger partial charge in [0.15, 0.2) is 11.5 Å². The minimum atomic E-state index is 0.0594. The van der Waals surface area contributed by atoms with Crippen LogP contribution in [0.25, 0.3) is 0 Å². The Kier molecular flexibility index (Phi) is 7.06. The van der Waals surface area contributed by atoms with Gasteiger partial charge in [0.2, 0.25) is 0 Å². The number of methoxy groups -OCH3 is 1. The summed E-state index contributed by atoms with van der Waals surface area (Å²) in [6, 6.07) is 11.5. The first kappa shape index (κ1) is 20.4. The maximum Gasteiger partial charge on any atom is 0.264 e. The number of nitrogens with zero attached hydrogens (tertiary/aromatic N) is 2. The molecule has 0 saturated heterocycles. The minimum Gasteiger partial charge on any atom is -0.493 e. The van der Waals surface area contributed by atoms with E-state index >= 15 is 0 Å². The number of ether oxygens (including phenoxy) is 2. The predicted octanol–water partition coefficient (Wildman–Crippen LogP) is 5.23. The van der Waals surface area contributed by atoms with E-state index < -0.39 is 0 Å². The molecule has 1 atom stereocenters. The molecule has 1 aromatic carbocycles. The number of thiazole rings is 1. The molecule has 0 unspecified atom stereocenters. The molecule has 7 heteroatoms. The Morgan fingerprint density at radius 3 is 2.64 bits per heavy atom. The van der Waals surface area contributed by atoms with E-state index in [4.69, 9.17) is 9.47 Å². The van der Waals surface area contributed by atoms with Crippen LogP contribution in [0.4, 0.5) is 0 Å². The first-order chi connectivity index (χ1) is 13.6. The molecule has 1 amide bonds. The summed E-state index contributed by atoms with van der Waals surface area (Å²) in [5.74, 6) is 1.45. The van der Waals surface area contributed by atoms with Crippen molar-refractivity contribution in [1.29, 1.82) is 0 Å². The number of thiophene rings is 1. The second-order valence-corrected chi connectivity index (χ2v) is 8.23. The lowest BCUT2D eigenvalue weighted by atomic mass is 10.2. The third-order valence-electron chi connectivity index (χ3n) is 4.47. The van der Waals surface area contributed by atoms with Crippen LogP contribution in [-0.2, 0) is 13.2 Å². The Bertz CT molecular complexity index is 893. The molecule has 0 fully saturated rings. The highest BCUT2D eigenvalue weighted by molar-refractivity contribution is 7.12. The van der Waals surface area contributed by atoms with E-state index in [1.165, 1.54) is 11.3 Å². The van der Waals surface area contributed by atoms with Crippen LogP contribution in [0.15, 0.2) is 47.2 Å². The van der Waals surface area contributed by atoms with Gasteiger partial charge in [0.1, 0.15) is 11.6 Å². The number of aromatic nitrogens is 1. The van der Waals surface area contributed by atoms with Crippen molar-refractivity contribution in [2.75, 3.05) is 7.11 Å². The van der Waals surface area contributed by atoms with E-state index in [2.05, 4.69) is 18.8 Å². The van der Waals surface area contributed by atoms with Crippen LogP contribution in [0, 0.1) is 0 Å². The van der Waals surface area contributed by atoms with Gasteiger partial charge in [-0.15, -0.1) is 22.7 Å². The third kappa shape index (κ3) is 4.91. The summed E-state index contributed by atoms with van der Waals surface area (Å²) < 4.78 is 11.2. The molecule has 2 aromatic heterocycles. The molecular formula is C21H24N2O3S2. The van der Waals surface area contributed by atoms with Crippen molar-refractivity contribution in [1.82, 2.24) is 9.88 Å². The van der Waals surface area contributed by atoms with Gasteiger partial charge >= 0.3 is 0 Å². The summed E-state index contributed by atoms with van der Waals surface area (Å²) >= 11 is 3.01. The quantitative estimate of drug-likeness (QED) is 0.479. The van der Waals surface area contributed by atoms with Crippen molar-refractivity contribution in [3.63, 3.8) is 0 Å². The highest BCUT2D eigenvalue weighted by Crippen LogP contribution is 2.27. The molecule has 3 rings (SSSR count). The molecule has 0 N–H and O–H groups in total. The highest BCUT2D eigenvalue weighted by atomic mass is 32.1. The molecule has 28 heavy (non-hydrogen) atoms.